The van der Waals surface area contributed by atoms with Crippen LogP contribution in [-0.2, 0) is 9.05 Å². The molecule has 1 unspecified atom stereocenters. The van der Waals surface area contributed by atoms with Crippen LogP contribution in [0.4, 0.5) is 0 Å². The molecule has 1 aromatic carbocycles. The van der Waals surface area contributed by atoms with Gasteiger partial charge in [0.2, 0.25) is 0 Å². The summed E-state index contributed by atoms with van der Waals surface area (Å²) in [5, 5.41) is -0.132. The van der Waals surface area contributed by atoms with Gasteiger partial charge in [0.1, 0.15) is 4.90 Å². The van der Waals surface area contributed by atoms with Crippen LogP contribution in [0.5, 0.6) is 0 Å². The topological polar surface area (TPSA) is 54.5 Å². The zero-order valence-electron chi connectivity index (χ0n) is 10.6. The lowest BCUT2D eigenvalue weighted by molar-refractivity contribution is 0.0788. The highest BCUT2D eigenvalue weighted by Crippen LogP contribution is 2.33. The number of hydrogen-bond donors (Lipinski definition) is 0. The molecule has 0 bridgehead atoms. The minimum absolute atomic E-state index is 0.132. The van der Waals surface area contributed by atoms with E-state index in [0.29, 0.717) is 23.5 Å². The quantitative estimate of drug-likeness (QED) is 0.713. The molecule has 0 aliphatic carbocycles. The highest BCUT2D eigenvalue weighted by molar-refractivity contribution is 9.10. The monoisotopic (exact) mass is 399 g/mol. The molecule has 0 saturated carbocycles. The van der Waals surface area contributed by atoms with E-state index in [0.717, 1.165) is 6.42 Å². The average molecular weight is 401 g/mol. The molecule has 8 heteroatoms. The predicted octanol–water partition coefficient (Wildman–Crippen LogP) is 3.51. The van der Waals surface area contributed by atoms with Crippen molar-refractivity contribution in [2.45, 2.75) is 18.2 Å². The summed E-state index contributed by atoms with van der Waals surface area (Å²) in [6.45, 7) is 3.35. The number of hydrogen-bond acceptors (Lipinski definition) is 3. The molecule has 1 amide bonds. The number of likely N-dealkylation sites (tertiary alicyclic amines) is 1. The fraction of sp³-hybridized carbons (Fsp3) is 0.417. The SMILES string of the molecule is CC1CCN(C(=O)c2cc(Br)cc(S(=O)(=O)Cl)c2Cl)C1. The first kappa shape index (κ1) is 16.1. The first-order valence-corrected chi connectivity index (χ1v) is 9.41. The van der Waals surface area contributed by atoms with Crippen molar-refractivity contribution in [3.8, 4) is 0 Å². The third-order valence-electron chi connectivity index (χ3n) is 3.21. The van der Waals surface area contributed by atoms with Crippen LogP contribution in [0.2, 0.25) is 5.02 Å². The van der Waals surface area contributed by atoms with Crippen LogP contribution >= 0.6 is 38.2 Å². The van der Waals surface area contributed by atoms with Gasteiger partial charge in [-0.1, -0.05) is 34.5 Å². The molecule has 1 heterocycles. The van der Waals surface area contributed by atoms with Gasteiger partial charge in [0.15, 0.2) is 0 Å². The largest absolute Gasteiger partial charge is 0.338 e. The molecule has 1 aliphatic heterocycles. The van der Waals surface area contributed by atoms with Crippen molar-refractivity contribution in [2.24, 2.45) is 5.92 Å². The van der Waals surface area contributed by atoms with Crippen molar-refractivity contribution < 1.29 is 13.2 Å². The lowest BCUT2D eigenvalue weighted by Crippen LogP contribution is -2.29. The summed E-state index contributed by atoms with van der Waals surface area (Å²) < 4.78 is 23.4. The van der Waals surface area contributed by atoms with Gasteiger partial charge in [-0.3, -0.25) is 4.79 Å². The van der Waals surface area contributed by atoms with Gasteiger partial charge in [0.25, 0.3) is 15.0 Å². The maximum Gasteiger partial charge on any atom is 0.262 e. The second kappa shape index (κ2) is 5.83. The Morgan fingerprint density at radius 3 is 2.60 bits per heavy atom. The molecule has 1 aliphatic rings. The fourth-order valence-electron chi connectivity index (χ4n) is 2.19. The van der Waals surface area contributed by atoms with Gasteiger partial charge >= 0.3 is 0 Å². The van der Waals surface area contributed by atoms with Crippen LogP contribution in [0, 0.1) is 5.92 Å². The number of carbonyl (C=O) groups excluding carboxylic acids is 1. The van der Waals surface area contributed by atoms with E-state index in [4.69, 9.17) is 22.3 Å². The lowest BCUT2D eigenvalue weighted by Gasteiger charge is -2.17. The van der Waals surface area contributed by atoms with Gasteiger partial charge in [-0.25, -0.2) is 8.42 Å². The Morgan fingerprint density at radius 1 is 1.45 bits per heavy atom. The molecule has 110 valence electrons. The smallest absolute Gasteiger partial charge is 0.262 e. The minimum atomic E-state index is -4.01. The van der Waals surface area contributed by atoms with Crippen molar-refractivity contribution in [1.82, 2.24) is 4.90 Å². The van der Waals surface area contributed by atoms with Crippen LogP contribution in [0.3, 0.4) is 0 Å². The number of nitrogens with zero attached hydrogens (tertiary/aromatic N) is 1. The molecule has 4 nitrogen and oxygen atoms in total. The zero-order chi connectivity index (χ0) is 15.1. The summed E-state index contributed by atoms with van der Waals surface area (Å²) in [5.74, 6) is 0.156. The molecule has 1 saturated heterocycles. The summed E-state index contributed by atoms with van der Waals surface area (Å²) in [7, 11) is 1.33. The Balaban J connectivity index is 2.47. The second-order valence-electron chi connectivity index (χ2n) is 4.85. The normalized spacial score (nSPS) is 19.4. The number of rotatable bonds is 2. The first-order valence-electron chi connectivity index (χ1n) is 5.93. The Kier molecular flexibility index (Phi) is 4.69. The van der Waals surface area contributed by atoms with Crippen LogP contribution in [0.25, 0.3) is 0 Å². The molecule has 20 heavy (non-hydrogen) atoms. The van der Waals surface area contributed by atoms with E-state index in [9.17, 15) is 13.2 Å². The summed E-state index contributed by atoms with van der Waals surface area (Å²) in [6.07, 6.45) is 0.929. The van der Waals surface area contributed by atoms with Gasteiger partial charge in [0.05, 0.1) is 10.6 Å². The van der Waals surface area contributed by atoms with Crippen molar-refractivity contribution in [3.05, 3.63) is 27.2 Å². The third kappa shape index (κ3) is 3.30. The molecular formula is C12H12BrCl2NO3S. The Bertz CT molecular complexity index is 663. The van der Waals surface area contributed by atoms with Gasteiger partial charge in [-0.2, -0.15) is 0 Å². The molecule has 1 fully saturated rings. The highest BCUT2D eigenvalue weighted by Gasteiger charge is 2.28. The number of halogens is 3. The lowest BCUT2D eigenvalue weighted by atomic mass is 10.2. The van der Waals surface area contributed by atoms with Crippen molar-refractivity contribution in [2.75, 3.05) is 13.1 Å². The molecular weight excluding hydrogens is 389 g/mol. The standard InChI is InChI=1S/C12H12BrCl2NO3S/c1-7-2-3-16(6-7)12(17)9-4-8(13)5-10(11(9)14)20(15,18)19/h4-5,7H,2-3,6H2,1H3. The van der Waals surface area contributed by atoms with Gasteiger partial charge in [0, 0.05) is 28.2 Å². The van der Waals surface area contributed by atoms with Crippen LogP contribution in [0.15, 0.2) is 21.5 Å². The van der Waals surface area contributed by atoms with Gasteiger partial charge in [-0.15, -0.1) is 0 Å². The number of benzene rings is 1. The van der Waals surface area contributed by atoms with E-state index in [1.54, 1.807) is 4.90 Å². The Morgan fingerprint density at radius 2 is 2.10 bits per heavy atom. The second-order valence-corrected chi connectivity index (χ2v) is 8.68. The average Bonchev–Trinajstić information content (AvgIpc) is 2.76. The summed E-state index contributed by atoms with van der Waals surface area (Å²) in [5.41, 5.74) is 0.148. The molecule has 0 aromatic heterocycles. The van der Waals surface area contributed by atoms with Crippen LogP contribution < -0.4 is 0 Å². The predicted molar refractivity (Wildman–Crippen MR) is 81.9 cm³/mol. The van der Waals surface area contributed by atoms with Crippen molar-refractivity contribution >= 4 is 53.2 Å². The van der Waals surface area contributed by atoms with Gasteiger partial charge in [-0.05, 0) is 24.5 Å². The summed E-state index contributed by atoms with van der Waals surface area (Å²) in [4.78, 5) is 13.8. The first-order chi connectivity index (χ1) is 9.20. The summed E-state index contributed by atoms with van der Waals surface area (Å²) in [6, 6.07) is 2.80. The number of amides is 1. The van der Waals surface area contributed by atoms with E-state index >= 15 is 0 Å². The maximum atomic E-state index is 12.4. The highest BCUT2D eigenvalue weighted by atomic mass is 79.9. The Labute approximate surface area is 135 Å². The number of carbonyl (C=O) groups is 1. The van der Waals surface area contributed by atoms with E-state index in [-0.39, 0.29) is 21.4 Å². The van der Waals surface area contributed by atoms with E-state index in [1.165, 1.54) is 12.1 Å². The minimum Gasteiger partial charge on any atom is -0.338 e. The maximum absolute atomic E-state index is 12.4. The van der Waals surface area contributed by atoms with E-state index in [1.807, 2.05) is 0 Å². The van der Waals surface area contributed by atoms with Gasteiger partial charge < -0.3 is 4.90 Å². The molecule has 2 rings (SSSR count). The Hall–Kier alpha value is -0.300. The zero-order valence-corrected chi connectivity index (χ0v) is 14.5. The molecule has 1 aromatic rings. The van der Waals surface area contributed by atoms with E-state index < -0.39 is 9.05 Å². The van der Waals surface area contributed by atoms with Crippen molar-refractivity contribution in [1.29, 1.82) is 0 Å². The molecule has 0 radical (unpaired) electrons. The van der Waals surface area contributed by atoms with E-state index in [2.05, 4.69) is 22.9 Å². The fourth-order valence-corrected chi connectivity index (χ4v) is 4.37. The molecule has 0 N–H and O–H groups in total. The molecule has 1 atom stereocenters. The third-order valence-corrected chi connectivity index (χ3v) is 5.53. The summed E-state index contributed by atoms with van der Waals surface area (Å²) >= 11 is 9.22. The van der Waals surface area contributed by atoms with Crippen LogP contribution in [0.1, 0.15) is 23.7 Å². The molecule has 0 spiro atoms. The van der Waals surface area contributed by atoms with Crippen molar-refractivity contribution in [3.63, 3.8) is 0 Å². The van der Waals surface area contributed by atoms with Crippen LogP contribution in [-0.4, -0.2) is 32.3 Å².